The summed E-state index contributed by atoms with van der Waals surface area (Å²) in [5.41, 5.74) is 2.65. The van der Waals surface area contributed by atoms with Gasteiger partial charge in [0.2, 0.25) is 0 Å². The number of aromatic nitrogens is 2. The summed E-state index contributed by atoms with van der Waals surface area (Å²) in [5, 5.41) is 0. The predicted octanol–water partition coefficient (Wildman–Crippen LogP) is 1.10. The molecule has 1 aliphatic rings. The smallest absolute Gasteiger partial charge is 0.145 e. The first-order valence-corrected chi connectivity index (χ1v) is 7.31. The molecule has 1 aromatic heterocycles. The number of rotatable bonds is 5. The van der Waals surface area contributed by atoms with Gasteiger partial charge in [-0.3, -0.25) is 0 Å². The lowest BCUT2D eigenvalue weighted by Gasteiger charge is -2.23. The van der Waals surface area contributed by atoms with Crippen molar-refractivity contribution in [2.75, 3.05) is 37.5 Å². The van der Waals surface area contributed by atoms with Crippen LogP contribution in [0.3, 0.4) is 0 Å². The van der Waals surface area contributed by atoms with E-state index in [0.717, 1.165) is 37.6 Å². The molecule has 0 spiro atoms. The Morgan fingerprint density at radius 1 is 1.40 bits per heavy atom. The van der Waals surface area contributed by atoms with Crippen molar-refractivity contribution >= 4 is 11.6 Å². The molecule has 0 aliphatic carbocycles. The summed E-state index contributed by atoms with van der Waals surface area (Å²) in [7, 11) is 4.28. The van der Waals surface area contributed by atoms with Crippen molar-refractivity contribution in [3.05, 3.63) is 11.9 Å². The molecule has 0 aromatic carbocycles. The Hall–Kier alpha value is -1.40. The van der Waals surface area contributed by atoms with Crippen LogP contribution < -0.4 is 16.2 Å². The van der Waals surface area contributed by atoms with Gasteiger partial charge in [0.15, 0.2) is 0 Å². The van der Waals surface area contributed by atoms with Crippen LogP contribution in [0, 0.1) is 5.92 Å². The van der Waals surface area contributed by atoms with Crippen molar-refractivity contribution in [2.45, 2.75) is 32.7 Å². The van der Waals surface area contributed by atoms with E-state index in [-0.39, 0.29) is 0 Å². The highest BCUT2D eigenvalue weighted by atomic mass is 15.3. The predicted molar refractivity (Wildman–Crippen MR) is 82.7 cm³/mol. The van der Waals surface area contributed by atoms with Crippen LogP contribution in [0.1, 0.15) is 26.1 Å². The number of likely N-dealkylation sites (N-methyl/N-ethyl adjacent to an activating group) is 1. The Balaban J connectivity index is 2.22. The average molecular weight is 278 g/mol. The summed E-state index contributed by atoms with van der Waals surface area (Å²) in [5.74, 6) is 8.68. The molecule has 0 amide bonds. The van der Waals surface area contributed by atoms with Crippen LogP contribution in [0.2, 0.25) is 0 Å². The van der Waals surface area contributed by atoms with Gasteiger partial charge in [0.05, 0.1) is 0 Å². The van der Waals surface area contributed by atoms with Gasteiger partial charge in [0.1, 0.15) is 17.5 Å². The third-order valence-electron chi connectivity index (χ3n) is 3.94. The molecule has 1 aliphatic heterocycles. The number of nitrogens with zero attached hydrogens (tertiary/aromatic N) is 4. The molecule has 1 aromatic rings. The molecule has 2 atom stereocenters. The average Bonchev–Trinajstić information content (AvgIpc) is 2.81. The molecule has 20 heavy (non-hydrogen) atoms. The zero-order valence-corrected chi connectivity index (χ0v) is 12.9. The maximum Gasteiger partial charge on any atom is 0.145 e. The second-order valence-electron chi connectivity index (χ2n) is 5.84. The van der Waals surface area contributed by atoms with Gasteiger partial charge < -0.3 is 15.2 Å². The van der Waals surface area contributed by atoms with Crippen LogP contribution in [-0.2, 0) is 6.42 Å². The van der Waals surface area contributed by atoms with E-state index in [4.69, 9.17) is 5.84 Å². The Labute approximate surface area is 121 Å². The number of aryl methyl sites for hydroxylation is 1. The lowest BCUT2D eigenvalue weighted by molar-refractivity contribution is 0.266. The molecule has 3 N–H and O–H groups in total. The highest BCUT2D eigenvalue weighted by Crippen LogP contribution is 2.26. The molecule has 0 bridgehead atoms. The fourth-order valence-corrected chi connectivity index (χ4v) is 2.86. The number of nitrogen functional groups attached to an aromatic ring is 1. The molecular weight excluding hydrogens is 252 g/mol. The molecule has 6 heteroatoms. The number of anilines is 2. The van der Waals surface area contributed by atoms with Crippen molar-refractivity contribution in [3.63, 3.8) is 0 Å². The van der Waals surface area contributed by atoms with Gasteiger partial charge in [-0.05, 0) is 26.4 Å². The molecule has 0 radical (unpaired) electrons. The van der Waals surface area contributed by atoms with E-state index < -0.39 is 0 Å². The van der Waals surface area contributed by atoms with Crippen LogP contribution in [-0.4, -0.2) is 48.1 Å². The minimum atomic E-state index is 0.564. The standard InChI is InChI=1S/C14H26N6/c1-5-6-12-16-13(18-15)7-14(17-12)20-8-10(2)11(9-20)19(3)4/h7,10-11H,5-6,8-9,15H2,1-4H3,(H,16,17,18). The minimum absolute atomic E-state index is 0.564. The number of hydrazine groups is 1. The minimum Gasteiger partial charge on any atom is -0.355 e. The van der Waals surface area contributed by atoms with Gasteiger partial charge in [-0.2, -0.15) is 0 Å². The van der Waals surface area contributed by atoms with Crippen molar-refractivity contribution in [2.24, 2.45) is 11.8 Å². The number of nitrogens with one attached hydrogen (secondary N) is 1. The van der Waals surface area contributed by atoms with Gasteiger partial charge in [-0.25, -0.2) is 15.8 Å². The SMILES string of the molecule is CCCc1nc(NN)cc(N2CC(C)C(N(C)C)C2)n1. The second-order valence-corrected chi connectivity index (χ2v) is 5.84. The quantitative estimate of drug-likeness (QED) is 0.621. The van der Waals surface area contributed by atoms with E-state index in [9.17, 15) is 0 Å². The van der Waals surface area contributed by atoms with Crippen molar-refractivity contribution < 1.29 is 0 Å². The van der Waals surface area contributed by atoms with E-state index in [1.165, 1.54) is 0 Å². The lowest BCUT2D eigenvalue weighted by Crippen LogP contribution is -2.34. The highest BCUT2D eigenvalue weighted by Gasteiger charge is 2.31. The Bertz CT molecular complexity index is 447. The number of nitrogens with two attached hydrogens (primary N) is 1. The zero-order valence-electron chi connectivity index (χ0n) is 12.9. The zero-order chi connectivity index (χ0) is 14.7. The van der Waals surface area contributed by atoms with Crippen LogP contribution >= 0.6 is 0 Å². The van der Waals surface area contributed by atoms with E-state index in [2.05, 4.69) is 53.1 Å². The van der Waals surface area contributed by atoms with E-state index in [1.807, 2.05) is 6.07 Å². The van der Waals surface area contributed by atoms with Crippen molar-refractivity contribution in [3.8, 4) is 0 Å². The van der Waals surface area contributed by atoms with Crippen LogP contribution in [0.4, 0.5) is 11.6 Å². The molecule has 1 saturated heterocycles. The highest BCUT2D eigenvalue weighted by molar-refractivity contribution is 5.50. The molecule has 2 unspecified atom stereocenters. The van der Waals surface area contributed by atoms with Crippen molar-refractivity contribution in [1.82, 2.24) is 14.9 Å². The van der Waals surface area contributed by atoms with Crippen LogP contribution in [0.25, 0.3) is 0 Å². The van der Waals surface area contributed by atoms with Crippen LogP contribution in [0.15, 0.2) is 6.07 Å². The molecule has 2 rings (SSSR count). The topological polar surface area (TPSA) is 70.3 Å². The fraction of sp³-hybridized carbons (Fsp3) is 0.714. The Morgan fingerprint density at radius 3 is 2.70 bits per heavy atom. The van der Waals surface area contributed by atoms with Crippen LogP contribution in [0.5, 0.6) is 0 Å². The lowest BCUT2D eigenvalue weighted by atomic mass is 10.1. The van der Waals surface area contributed by atoms with Gasteiger partial charge in [-0.15, -0.1) is 0 Å². The first kappa shape index (κ1) is 15.0. The Morgan fingerprint density at radius 2 is 2.15 bits per heavy atom. The van der Waals surface area contributed by atoms with Gasteiger partial charge in [0, 0.05) is 31.6 Å². The third kappa shape index (κ3) is 3.19. The summed E-state index contributed by atoms with van der Waals surface area (Å²) < 4.78 is 0. The maximum absolute atomic E-state index is 5.52. The number of hydrogen-bond acceptors (Lipinski definition) is 6. The van der Waals surface area contributed by atoms with E-state index in [0.29, 0.717) is 17.8 Å². The first-order chi connectivity index (χ1) is 9.55. The summed E-state index contributed by atoms with van der Waals surface area (Å²) in [4.78, 5) is 13.7. The molecule has 112 valence electrons. The molecule has 1 fully saturated rings. The monoisotopic (exact) mass is 278 g/mol. The fourth-order valence-electron chi connectivity index (χ4n) is 2.86. The van der Waals surface area contributed by atoms with E-state index >= 15 is 0 Å². The molecule has 0 saturated carbocycles. The summed E-state index contributed by atoms with van der Waals surface area (Å²) in [6, 6.07) is 2.50. The third-order valence-corrected chi connectivity index (χ3v) is 3.94. The van der Waals surface area contributed by atoms with Crippen molar-refractivity contribution in [1.29, 1.82) is 0 Å². The van der Waals surface area contributed by atoms with E-state index in [1.54, 1.807) is 0 Å². The number of hydrogen-bond donors (Lipinski definition) is 2. The first-order valence-electron chi connectivity index (χ1n) is 7.31. The second kappa shape index (κ2) is 6.37. The normalized spacial score (nSPS) is 22.6. The maximum atomic E-state index is 5.52. The Kier molecular flexibility index (Phi) is 4.77. The van der Waals surface area contributed by atoms with Gasteiger partial charge in [-0.1, -0.05) is 13.8 Å². The van der Waals surface area contributed by atoms with Gasteiger partial charge >= 0.3 is 0 Å². The largest absolute Gasteiger partial charge is 0.355 e. The molecule has 6 nitrogen and oxygen atoms in total. The summed E-state index contributed by atoms with van der Waals surface area (Å²) in [6.45, 7) is 6.45. The summed E-state index contributed by atoms with van der Waals surface area (Å²) >= 11 is 0. The molecular formula is C14H26N6. The van der Waals surface area contributed by atoms with Gasteiger partial charge in [0.25, 0.3) is 0 Å². The summed E-state index contributed by atoms with van der Waals surface area (Å²) in [6.07, 6.45) is 1.91. The molecule has 2 heterocycles.